The molecule has 9 heteroatoms. The lowest BCUT2D eigenvalue weighted by Gasteiger charge is -2.28. The Morgan fingerprint density at radius 2 is 1.55 bits per heavy atom. The fraction of sp³-hybridized carbons (Fsp3) is 0.700. The first-order valence-corrected chi connectivity index (χ1v) is 10.3. The van der Waals surface area contributed by atoms with E-state index in [9.17, 15) is 14.4 Å². The molecule has 2 rings (SSSR count). The van der Waals surface area contributed by atoms with Gasteiger partial charge in [-0.2, -0.15) is 4.68 Å². The normalized spacial score (nSPS) is 16.7. The van der Waals surface area contributed by atoms with Crippen LogP contribution in [0.3, 0.4) is 0 Å². The summed E-state index contributed by atoms with van der Waals surface area (Å²) in [5, 5.41) is 6.70. The first kappa shape index (κ1) is 22.7. The van der Waals surface area contributed by atoms with Crippen molar-refractivity contribution in [3.8, 4) is 0 Å². The third kappa shape index (κ3) is 7.75. The molecule has 1 aromatic rings. The number of hydrogen-bond acceptors (Lipinski definition) is 5. The molecule has 1 aliphatic rings. The Morgan fingerprint density at radius 1 is 0.966 bits per heavy atom. The zero-order valence-corrected chi connectivity index (χ0v) is 17.9. The number of anilines is 1. The Morgan fingerprint density at radius 3 is 2.17 bits per heavy atom. The Hall–Kier alpha value is -2.58. The van der Waals surface area contributed by atoms with Gasteiger partial charge in [-0.1, -0.05) is 12.8 Å². The highest BCUT2D eigenvalue weighted by Crippen LogP contribution is 2.14. The van der Waals surface area contributed by atoms with Crippen LogP contribution in [0.25, 0.3) is 0 Å². The van der Waals surface area contributed by atoms with E-state index in [1.807, 2.05) is 20.8 Å². The highest BCUT2D eigenvalue weighted by molar-refractivity contribution is 5.87. The number of hydrogen-bond donors (Lipinski definition) is 1. The van der Waals surface area contributed by atoms with Crippen LogP contribution < -0.4 is 5.32 Å². The summed E-state index contributed by atoms with van der Waals surface area (Å²) in [6.45, 7) is 9.33. The van der Waals surface area contributed by atoms with Gasteiger partial charge in [0.2, 0.25) is 5.91 Å². The Labute approximate surface area is 172 Å². The number of carbonyl (C=O) groups is 3. The number of aromatic nitrogens is 2. The predicted molar refractivity (Wildman–Crippen MR) is 110 cm³/mol. The minimum absolute atomic E-state index is 0.232. The number of carbonyl (C=O) groups excluding carboxylic acids is 3. The maximum Gasteiger partial charge on any atom is 0.410 e. The number of rotatable bonds is 1. The quantitative estimate of drug-likeness (QED) is 0.770. The van der Waals surface area contributed by atoms with Gasteiger partial charge in [0, 0.05) is 45.4 Å². The Balaban J connectivity index is 2.01. The van der Waals surface area contributed by atoms with E-state index < -0.39 is 5.60 Å². The van der Waals surface area contributed by atoms with Gasteiger partial charge in [0.1, 0.15) is 5.60 Å². The van der Waals surface area contributed by atoms with Crippen LogP contribution in [0.4, 0.5) is 15.4 Å². The highest BCUT2D eigenvalue weighted by atomic mass is 16.6. The summed E-state index contributed by atoms with van der Waals surface area (Å²) in [7, 11) is 0. The Kier molecular flexibility index (Phi) is 8.04. The van der Waals surface area contributed by atoms with Crippen molar-refractivity contribution in [1.29, 1.82) is 0 Å². The van der Waals surface area contributed by atoms with Crippen LogP contribution in [-0.4, -0.2) is 69.4 Å². The Bertz CT molecular complexity index is 710. The van der Waals surface area contributed by atoms with Crippen molar-refractivity contribution in [2.75, 3.05) is 31.5 Å². The van der Waals surface area contributed by atoms with Gasteiger partial charge >= 0.3 is 12.1 Å². The lowest BCUT2D eigenvalue weighted by atomic mass is 10.2. The smallest absolute Gasteiger partial charge is 0.410 e. The fourth-order valence-electron chi connectivity index (χ4n) is 3.16. The van der Waals surface area contributed by atoms with E-state index in [4.69, 9.17) is 4.74 Å². The molecule has 0 aliphatic carbocycles. The third-order valence-corrected chi connectivity index (χ3v) is 4.47. The summed E-state index contributed by atoms with van der Waals surface area (Å²) in [6.07, 6.45) is 5.71. The van der Waals surface area contributed by atoms with E-state index in [1.165, 1.54) is 11.6 Å². The van der Waals surface area contributed by atoms with Gasteiger partial charge in [-0.15, -0.1) is 5.10 Å². The maximum atomic E-state index is 12.9. The van der Waals surface area contributed by atoms with Gasteiger partial charge in [0.05, 0.1) is 0 Å². The minimum Gasteiger partial charge on any atom is -0.444 e. The molecule has 1 aromatic heterocycles. The highest BCUT2D eigenvalue weighted by Gasteiger charge is 2.23. The fourth-order valence-corrected chi connectivity index (χ4v) is 3.16. The van der Waals surface area contributed by atoms with Gasteiger partial charge in [-0.25, -0.2) is 9.59 Å². The van der Waals surface area contributed by atoms with E-state index in [2.05, 4.69) is 10.4 Å². The predicted octanol–water partition coefficient (Wildman–Crippen LogP) is 3.31. The molecule has 0 aromatic carbocycles. The van der Waals surface area contributed by atoms with Gasteiger partial charge in [-0.3, -0.25) is 4.79 Å². The van der Waals surface area contributed by atoms with E-state index in [-0.39, 0.29) is 18.0 Å². The van der Waals surface area contributed by atoms with Crippen molar-refractivity contribution in [1.82, 2.24) is 19.6 Å². The number of amides is 3. The van der Waals surface area contributed by atoms with Crippen LogP contribution >= 0.6 is 0 Å². The molecule has 162 valence electrons. The topological polar surface area (TPSA) is 96.8 Å². The van der Waals surface area contributed by atoms with Gasteiger partial charge in [0.25, 0.3) is 0 Å². The van der Waals surface area contributed by atoms with E-state index in [0.29, 0.717) is 38.4 Å². The molecule has 29 heavy (non-hydrogen) atoms. The van der Waals surface area contributed by atoms with Crippen LogP contribution in [0.15, 0.2) is 12.3 Å². The second-order valence-corrected chi connectivity index (χ2v) is 8.33. The number of nitrogens with one attached hydrogen (secondary N) is 1. The molecule has 0 atom stereocenters. The van der Waals surface area contributed by atoms with Gasteiger partial charge < -0.3 is 19.9 Å². The van der Waals surface area contributed by atoms with E-state index in [0.717, 1.165) is 25.7 Å². The van der Waals surface area contributed by atoms with Gasteiger partial charge in [0.15, 0.2) is 5.82 Å². The summed E-state index contributed by atoms with van der Waals surface area (Å²) in [5.74, 6) is 0.111. The zero-order valence-electron chi connectivity index (χ0n) is 17.9. The van der Waals surface area contributed by atoms with Crippen molar-refractivity contribution in [3.05, 3.63) is 12.3 Å². The monoisotopic (exact) mass is 407 g/mol. The molecule has 0 unspecified atom stereocenters. The molecule has 2 heterocycles. The average molecular weight is 408 g/mol. The standard InChI is InChI=1S/C20H33N5O4/c1-16(26)21-17-10-15-25(22-17)18(27)23-11-7-5-6-8-12-24(14-9-13-23)19(28)29-20(2,3)4/h10,15H,5-9,11-14H2,1-4H3,(H,21,22,26). The summed E-state index contributed by atoms with van der Waals surface area (Å²) in [4.78, 5) is 40.0. The summed E-state index contributed by atoms with van der Waals surface area (Å²) in [6, 6.07) is 1.36. The molecule has 0 radical (unpaired) electrons. The molecule has 0 spiro atoms. The van der Waals surface area contributed by atoms with Gasteiger partial charge in [-0.05, 0) is 40.0 Å². The van der Waals surface area contributed by atoms with Crippen LogP contribution in [0.1, 0.15) is 59.8 Å². The van der Waals surface area contributed by atoms with Crippen molar-refractivity contribution in [3.63, 3.8) is 0 Å². The van der Waals surface area contributed by atoms with Crippen molar-refractivity contribution in [2.24, 2.45) is 0 Å². The third-order valence-electron chi connectivity index (χ3n) is 4.47. The molecule has 9 nitrogen and oxygen atoms in total. The second kappa shape index (κ2) is 10.3. The van der Waals surface area contributed by atoms with Crippen LogP contribution in [0, 0.1) is 0 Å². The maximum absolute atomic E-state index is 12.9. The first-order chi connectivity index (χ1) is 13.7. The second-order valence-electron chi connectivity index (χ2n) is 8.33. The molecule has 1 N–H and O–H groups in total. The van der Waals surface area contributed by atoms with Crippen LogP contribution in [0.5, 0.6) is 0 Å². The molecule has 1 fully saturated rings. The molecule has 0 bridgehead atoms. The van der Waals surface area contributed by atoms with Crippen molar-refractivity contribution >= 4 is 23.8 Å². The average Bonchev–Trinajstić information content (AvgIpc) is 3.04. The van der Waals surface area contributed by atoms with Crippen LogP contribution in [-0.2, 0) is 9.53 Å². The summed E-state index contributed by atoms with van der Waals surface area (Å²) < 4.78 is 6.76. The SMILES string of the molecule is CC(=O)Nc1ccn(C(=O)N2CCCCCCN(C(=O)OC(C)(C)C)CCC2)n1. The minimum atomic E-state index is -0.531. The molecule has 0 saturated carbocycles. The summed E-state index contributed by atoms with van der Waals surface area (Å²) in [5.41, 5.74) is -0.531. The van der Waals surface area contributed by atoms with E-state index in [1.54, 1.807) is 22.1 Å². The first-order valence-electron chi connectivity index (χ1n) is 10.3. The van der Waals surface area contributed by atoms with E-state index >= 15 is 0 Å². The van der Waals surface area contributed by atoms with Crippen molar-refractivity contribution < 1.29 is 19.1 Å². The lowest BCUT2D eigenvalue weighted by molar-refractivity contribution is -0.114. The molecular weight excluding hydrogens is 374 g/mol. The summed E-state index contributed by atoms with van der Waals surface area (Å²) >= 11 is 0. The molecular formula is C20H33N5O4. The molecule has 3 amide bonds. The molecule has 1 saturated heterocycles. The lowest BCUT2D eigenvalue weighted by Crippen LogP contribution is -2.40. The number of nitrogens with zero attached hydrogens (tertiary/aromatic N) is 4. The van der Waals surface area contributed by atoms with Crippen LogP contribution in [0.2, 0.25) is 0 Å². The number of ether oxygens (including phenoxy) is 1. The zero-order chi connectivity index (χ0) is 21.4. The van der Waals surface area contributed by atoms with Crippen molar-refractivity contribution in [2.45, 2.75) is 65.4 Å². The molecule has 1 aliphatic heterocycles. The largest absolute Gasteiger partial charge is 0.444 e.